The summed E-state index contributed by atoms with van der Waals surface area (Å²) in [5.74, 6) is 0.0409. The minimum atomic E-state index is -0.114. The molecule has 0 spiro atoms. The van der Waals surface area contributed by atoms with Crippen LogP contribution in [0, 0.1) is 0 Å². The second-order valence-electron chi connectivity index (χ2n) is 3.02. The summed E-state index contributed by atoms with van der Waals surface area (Å²) in [5, 5.41) is 16.6. The van der Waals surface area contributed by atoms with Crippen LogP contribution in [-0.4, -0.2) is 17.3 Å². The van der Waals surface area contributed by atoms with E-state index in [4.69, 9.17) is 11.5 Å². The number of hydrogen-bond donors (Lipinski definition) is 3. The van der Waals surface area contributed by atoms with Gasteiger partial charge in [0.2, 0.25) is 5.96 Å². The van der Waals surface area contributed by atoms with E-state index in [1.165, 1.54) is 6.21 Å². The van der Waals surface area contributed by atoms with Crippen molar-refractivity contribution in [1.29, 1.82) is 0 Å². The first-order chi connectivity index (χ1) is 7.13. The molecule has 1 aromatic rings. The third-order valence-corrected chi connectivity index (χ3v) is 1.87. The van der Waals surface area contributed by atoms with E-state index in [1.54, 1.807) is 6.07 Å². The summed E-state index contributed by atoms with van der Waals surface area (Å²) in [5.41, 5.74) is 11.9. The number of rotatable bonds is 3. The highest BCUT2D eigenvalue weighted by atomic mass is 16.3. The van der Waals surface area contributed by atoms with E-state index in [1.807, 2.05) is 19.1 Å². The smallest absolute Gasteiger partial charge is 0.211 e. The van der Waals surface area contributed by atoms with Crippen molar-refractivity contribution in [3.63, 3.8) is 0 Å². The summed E-state index contributed by atoms with van der Waals surface area (Å²) in [6.45, 7) is 2.03. The molecular weight excluding hydrogens is 192 g/mol. The van der Waals surface area contributed by atoms with E-state index in [2.05, 4.69) is 10.2 Å². The number of nitrogens with zero attached hydrogens (tertiary/aromatic N) is 2. The lowest BCUT2D eigenvalue weighted by Gasteiger charge is -2.00. The lowest BCUT2D eigenvalue weighted by Crippen LogP contribution is -2.21. The van der Waals surface area contributed by atoms with Crippen molar-refractivity contribution in [2.45, 2.75) is 13.3 Å². The molecule has 0 bridgehead atoms. The van der Waals surface area contributed by atoms with E-state index in [-0.39, 0.29) is 11.7 Å². The van der Waals surface area contributed by atoms with Crippen LogP contribution in [0.15, 0.2) is 28.4 Å². The van der Waals surface area contributed by atoms with Gasteiger partial charge in [-0.3, -0.25) is 0 Å². The quantitative estimate of drug-likeness (QED) is 0.383. The molecule has 5 heteroatoms. The minimum Gasteiger partial charge on any atom is -0.507 e. The summed E-state index contributed by atoms with van der Waals surface area (Å²) < 4.78 is 0. The van der Waals surface area contributed by atoms with E-state index < -0.39 is 0 Å². The third-order valence-electron chi connectivity index (χ3n) is 1.87. The van der Waals surface area contributed by atoms with Gasteiger partial charge in [0.25, 0.3) is 0 Å². The summed E-state index contributed by atoms with van der Waals surface area (Å²) in [6.07, 6.45) is 2.30. The second kappa shape index (κ2) is 4.99. The maximum Gasteiger partial charge on any atom is 0.211 e. The highest BCUT2D eigenvalue weighted by molar-refractivity contribution is 5.84. The Morgan fingerprint density at radius 1 is 1.47 bits per heavy atom. The maximum atomic E-state index is 9.49. The first-order valence-electron chi connectivity index (χ1n) is 4.57. The topological polar surface area (TPSA) is 97.0 Å². The number of benzene rings is 1. The molecule has 0 aromatic heterocycles. The molecular formula is C10H14N4O. The highest BCUT2D eigenvalue weighted by Gasteiger charge is 1.98. The normalized spacial score (nSPS) is 10.5. The third kappa shape index (κ3) is 3.30. The predicted molar refractivity (Wildman–Crippen MR) is 60.9 cm³/mol. The first kappa shape index (κ1) is 11.0. The number of aromatic hydroxyl groups is 1. The number of phenols is 1. The van der Waals surface area contributed by atoms with Gasteiger partial charge in [-0.05, 0) is 24.1 Å². The van der Waals surface area contributed by atoms with Crippen LogP contribution in [0.1, 0.15) is 18.1 Å². The molecule has 0 fully saturated rings. The molecule has 0 saturated heterocycles. The molecule has 80 valence electrons. The average molecular weight is 206 g/mol. The van der Waals surface area contributed by atoms with Crippen LogP contribution in [-0.2, 0) is 6.42 Å². The molecule has 0 aliphatic rings. The van der Waals surface area contributed by atoms with Gasteiger partial charge in [-0.1, -0.05) is 13.0 Å². The fourth-order valence-electron chi connectivity index (χ4n) is 1.09. The summed E-state index contributed by atoms with van der Waals surface area (Å²) in [6, 6.07) is 5.31. The predicted octanol–water partition coefficient (Wildman–Crippen LogP) is 0.562. The van der Waals surface area contributed by atoms with Gasteiger partial charge < -0.3 is 16.6 Å². The van der Waals surface area contributed by atoms with Crippen LogP contribution in [0.3, 0.4) is 0 Å². The molecule has 0 atom stereocenters. The van der Waals surface area contributed by atoms with E-state index >= 15 is 0 Å². The molecule has 0 aliphatic carbocycles. The molecule has 1 aromatic carbocycles. The fraction of sp³-hybridized carbons (Fsp3) is 0.200. The van der Waals surface area contributed by atoms with E-state index in [9.17, 15) is 5.11 Å². The zero-order valence-corrected chi connectivity index (χ0v) is 8.51. The van der Waals surface area contributed by atoms with Crippen molar-refractivity contribution in [2.24, 2.45) is 21.7 Å². The average Bonchev–Trinajstić information content (AvgIpc) is 2.20. The fourth-order valence-corrected chi connectivity index (χ4v) is 1.09. The molecule has 0 saturated carbocycles. The van der Waals surface area contributed by atoms with Crippen molar-refractivity contribution in [3.8, 4) is 5.75 Å². The monoisotopic (exact) mass is 206 g/mol. The largest absolute Gasteiger partial charge is 0.507 e. The van der Waals surface area contributed by atoms with Crippen molar-refractivity contribution in [1.82, 2.24) is 0 Å². The van der Waals surface area contributed by atoms with Gasteiger partial charge >= 0.3 is 0 Å². The van der Waals surface area contributed by atoms with Crippen molar-refractivity contribution >= 4 is 12.2 Å². The van der Waals surface area contributed by atoms with E-state index in [0.717, 1.165) is 12.0 Å². The van der Waals surface area contributed by atoms with Crippen LogP contribution in [0.5, 0.6) is 5.75 Å². The Labute approximate surface area is 88.1 Å². The summed E-state index contributed by atoms with van der Waals surface area (Å²) in [7, 11) is 0. The van der Waals surface area contributed by atoms with Gasteiger partial charge in [-0.2, -0.15) is 5.10 Å². The standard InChI is InChI=1S/C10H14N4O/c1-2-7-3-4-9(15)8(5-7)6-13-14-10(11)12/h3-6,15H,2H2,1H3,(H4,11,12,14). The second-order valence-corrected chi connectivity index (χ2v) is 3.02. The Kier molecular flexibility index (Phi) is 3.68. The number of phenolic OH excluding ortho intramolecular Hbond substituents is 1. The number of guanidine groups is 1. The van der Waals surface area contributed by atoms with Crippen LogP contribution in [0.2, 0.25) is 0 Å². The van der Waals surface area contributed by atoms with Crippen molar-refractivity contribution in [2.75, 3.05) is 0 Å². The zero-order valence-electron chi connectivity index (χ0n) is 8.51. The molecule has 0 unspecified atom stereocenters. The molecule has 0 aliphatic heterocycles. The Morgan fingerprint density at radius 2 is 2.20 bits per heavy atom. The maximum absolute atomic E-state index is 9.49. The lowest BCUT2D eigenvalue weighted by molar-refractivity contribution is 0.474. The molecule has 0 radical (unpaired) electrons. The highest BCUT2D eigenvalue weighted by Crippen LogP contribution is 2.16. The van der Waals surface area contributed by atoms with Gasteiger partial charge in [0, 0.05) is 5.56 Å². The number of aryl methyl sites for hydroxylation is 1. The Morgan fingerprint density at radius 3 is 2.80 bits per heavy atom. The molecule has 0 amide bonds. The summed E-state index contributed by atoms with van der Waals surface area (Å²) >= 11 is 0. The van der Waals surface area contributed by atoms with Crippen LogP contribution >= 0.6 is 0 Å². The van der Waals surface area contributed by atoms with Gasteiger partial charge in [0.15, 0.2) is 0 Å². The number of hydrogen-bond acceptors (Lipinski definition) is 3. The van der Waals surface area contributed by atoms with Gasteiger partial charge in [0.05, 0.1) is 6.21 Å². The minimum absolute atomic E-state index is 0.114. The van der Waals surface area contributed by atoms with Crippen LogP contribution in [0.25, 0.3) is 0 Å². The Balaban J connectivity index is 2.93. The van der Waals surface area contributed by atoms with Gasteiger partial charge in [-0.15, -0.1) is 5.10 Å². The van der Waals surface area contributed by atoms with Crippen LogP contribution in [0.4, 0.5) is 0 Å². The molecule has 1 rings (SSSR count). The molecule has 15 heavy (non-hydrogen) atoms. The van der Waals surface area contributed by atoms with E-state index in [0.29, 0.717) is 5.56 Å². The molecule has 5 N–H and O–H groups in total. The Bertz CT molecular complexity index is 394. The number of nitrogens with two attached hydrogens (primary N) is 2. The van der Waals surface area contributed by atoms with Gasteiger partial charge in [-0.25, -0.2) is 0 Å². The molecule has 5 nitrogen and oxygen atoms in total. The summed E-state index contributed by atoms with van der Waals surface area (Å²) in [4.78, 5) is 0. The molecule has 0 heterocycles. The van der Waals surface area contributed by atoms with Gasteiger partial charge in [0.1, 0.15) is 5.75 Å². The first-order valence-corrected chi connectivity index (χ1v) is 4.57. The zero-order chi connectivity index (χ0) is 11.3. The Hall–Kier alpha value is -2.04. The lowest BCUT2D eigenvalue weighted by atomic mass is 10.1. The SMILES string of the molecule is CCc1ccc(O)c(C=NN=C(N)N)c1. The van der Waals surface area contributed by atoms with Crippen LogP contribution < -0.4 is 11.5 Å². The van der Waals surface area contributed by atoms with Crippen molar-refractivity contribution in [3.05, 3.63) is 29.3 Å². The van der Waals surface area contributed by atoms with Crippen molar-refractivity contribution < 1.29 is 5.11 Å².